The van der Waals surface area contributed by atoms with Gasteiger partial charge in [-0.15, -0.1) is 0 Å². The van der Waals surface area contributed by atoms with Crippen LogP contribution >= 0.6 is 15.9 Å². The molecule has 1 amide bonds. The quantitative estimate of drug-likeness (QED) is 0.873. The van der Waals surface area contributed by atoms with Crippen LogP contribution in [0.25, 0.3) is 0 Å². The maximum absolute atomic E-state index is 13.0. The van der Waals surface area contributed by atoms with Crippen LogP contribution in [0.4, 0.5) is 18.0 Å². The Morgan fingerprint density at radius 1 is 1.35 bits per heavy atom. The second kappa shape index (κ2) is 5.99. The Morgan fingerprint density at radius 2 is 1.95 bits per heavy atom. The number of alkyl halides is 3. The average Bonchev–Trinajstić information content (AvgIpc) is 2.21. The van der Waals surface area contributed by atoms with Crippen molar-refractivity contribution in [3.63, 3.8) is 0 Å². The second-order valence-corrected chi connectivity index (χ2v) is 5.97. The molecular weight excluding hydrogens is 341 g/mol. The highest BCUT2D eigenvalue weighted by Crippen LogP contribution is 2.33. The van der Waals surface area contributed by atoms with Crippen LogP contribution in [0.3, 0.4) is 0 Å². The molecular formula is C12H14BrF3N2O2. The van der Waals surface area contributed by atoms with Crippen molar-refractivity contribution in [2.45, 2.75) is 38.6 Å². The summed E-state index contributed by atoms with van der Waals surface area (Å²) in [4.78, 5) is 15.2. The summed E-state index contributed by atoms with van der Waals surface area (Å²) < 4.78 is 44.3. The number of ether oxygens (including phenoxy) is 1. The van der Waals surface area contributed by atoms with E-state index in [0.717, 1.165) is 6.20 Å². The summed E-state index contributed by atoms with van der Waals surface area (Å²) in [5.74, 6) is 0. The van der Waals surface area contributed by atoms with Gasteiger partial charge in [0.25, 0.3) is 0 Å². The first-order chi connectivity index (χ1) is 8.99. The third kappa shape index (κ3) is 5.36. The number of nitrogens with one attached hydrogen (secondary N) is 1. The van der Waals surface area contributed by atoms with Crippen LogP contribution < -0.4 is 5.32 Å². The first-order valence-corrected chi connectivity index (χ1v) is 6.45. The average molecular weight is 355 g/mol. The summed E-state index contributed by atoms with van der Waals surface area (Å²) in [5.41, 5.74) is -1.06. The molecule has 0 saturated carbocycles. The molecule has 0 aliphatic rings. The van der Waals surface area contributed by atoms with Crippen LogP contribution in [0.1, 0.15) is 32.4 Å². The standard InChI is InChI=1S/C12H14BrF3N2O2/c1-11(2,3)20-10(19)18-9(12(14,15)16)7-4-8(13)6-17-5-7/h4-6,9H,1-3H3,(H,18,19). The lowest BCUT2D eigenvalue weighted by Gasteiger charge is -2.25. The van der Waals surface area contributed by atoms with Gasteiger partial charge in [-0.3, -0.25) is 4.98 Å². The van der Waals surface area contributed by atoms with Gasteiger partial charge < -0.3 is 10.1 Å². The topological polar surface area (TPSA) is 51.2 Å². The first kappa shape index (κ1) is 16.7. The van der Waals surface area contributed by atoms with Gasteiger partial charge in [-0.1, -0.05) is 0 Å². The number of pyridine rings is 1. The van der Waals surface area contributed by atoms with Gasteiger partial charge in [-0.25, -0.2) is 4.79 Å². The number of nitrogens with zero attached hydrogens (tertiary/aromatic N) is 1. The zero-order valence-corrected chi connectivity index (χ0v) is 12.7. The fourth-order valence-electron chi connectivity index (χ4n) is 1.37. The third-order valence-corrected chi connectivity index (χ3v) is 2.48. The SMILES string of the molecule is CC(C)(C)OC(=O)NC(c1cncc(Br)c1)C(F)(F)F. The molecule has 20 heavy (non-hydrogen) atoms. The molecule has 0 aromatic carbocycles. The van der Waals surface area contributed by atoms with Gasteiger partial charge in [0.05, 0.1) is 0 Å². The Morgan fingerprint density at radius 3 is 2.40 bits per heavy atom. The summed E-state index contributed by atoms with van der Waals surface area (Å²) >= 11 is 3.04. The van der Waals surface area contributed by atoms with Crippen molar-refractivity contribution in [1.29, 1.82) is 0 Å². The van der Waals surface area contributed by atoms with Crippen LogP contribution in [0, 0.1) is 0 Å². The maximum Gasteiger partial charge on any atom is 0.413 e. The summed E-state index contributed by atoms with van der Waals surface area (Å²) in [5, 5.41) is 1.81. The molecule has 1 aromatic heterocycles. The number of hydrogen-bond acceptors (Lipinski definition) is 3. The molecule has 1 unspecified atom stereocenters. The van der Waals surface area contributed by atoms with Crippen molar-refractivity contribution in [3.8, 4) is 0 Å². The van der Waals surface area contributed by atoms with Gasteiger partial charge in [0, 0.05) is 22.4 Å². The largest absolute Gasteiger partial charge is 0.444 e. The Balaban J connectivity index is 2.95. The normalized spacial score (nSPS) is 13.8. The number of carbonyl (C=O) groups excluding carboxylic acids is 1. The van der Waals surface area contributed by atoms with Gasteiger partial charge in [-0.2, -0.15) is 13.2 Å². The molecule has 8 heteroatoms. The molecule has 0 spiro atoms. The summed E-state index contributed by atoms with van der Waals surface area (Å²) in [6, 6.07) is -0.940. The Kier molecular flexibility index (Phi) is 5.01. The van der Waals surface area contributed by atoms with E-state index in [4.69, 9.17) is 4.74 Å². The molecule has 1 rings (SSSR count). The van der Waals surface area contributed by atoms with Gasteiger partial charge in [0.1, 0.15) is 5.60 Å². The van der Waals surface area contributed by atoms with Crippen LogP contribution in [0.5, 0.6) is 0 Å². The van der Waals surface area contributed by atoms with Gasteiger partial charge in [-0.05, 0) is 42.8 Å². The molecule has 0 aliphatic carbocycles. The lowest BCUT2D eigenvalue weighted by Crippen LogP contribution is -2.41. The number of amides is 1. The van der Waals surface area contributed by atoms with Crippen LogP contribution in [0.15, 0.2) is 22.9 Å². The molecule has 0 aliphatic heterocycles. The minimum absolute atomic E-state index is 0.183. The Hall–Kier alpha value is -1.31. The highest BCUT2D eigenvalue weighted by Gasteiger charge is 2.43. The van der Waals surface area contributed by atoms with Gasteiger partial charge in [0.15, 0.2) is 6.04 Å². The fourth-order valence-corrected chi connectivity index (χ4v) is 1.75. The molecule has 112 valence electrons. The second-order valence-electron chi connectivity index (χ2n) is 5.06. The van der Waals surface area contributed by atoms with Crippen molar-refractivity contribution in [2.24, 2.45) is 0 Å². The first-order valence-electron chi connectivity index (χ1n) is 5.66. The fraction of sp³-hybridized carbons (Fsp3) is 0.500. The van der Waals surface area contributed by atoms with Gasteiger partial charge in [0.2, 0.25) is 0 Å². The van der Waals surface area contributed by atoms with E-state index in [-0.39, 0.29) is 5.56 Å². The molecule has 0 saturated heterocycles. The molecule has 4 nitrogen and oxygen atoms in total. The maximum atomic E-state index is 13.0. The number of alkyl carbamates (subject to hydrolysis) is 1. The Bertz CT molecular complexity index is 486. The number of carbonyl (C=O) groups is 1. The monoisotopic (exact) mass is 354 g/mol. The highest BCUT2D eigenvalue weighted by molar-refractivity contribution is 9.10. The minimum Gasteiger partial charge on any atom is -0.444 e. The van der Waals surface area contributed by atoms with E-state index in [1.54, 1.807) is 20.8 Å². The van der Waals surface area contributed by atoms with Gasteiger partial charge >= 0.3 is 12.3 Å². The molecule has 0 fully saturated rings. The van der Waals surface area contributed by atoms with Crippen molar-refractivity contribution in [2.75, 3.05) is 0 Å². The highest BCUT2D eigenvalue weighted by atomic mass is 79.9. The minimum atomic E-state index is -4.65. The summed E-state index contributed by atoms with van der Waals surface area (Å²) in [7, 11) is 0. The van der Waals surface area contributed by atoms with E-state index in [1.165, 1.54) is 12.3 Å². The molecule has 1 N–H and O–H groups in total. The predicted molar refractivity (Wildman–Crippen MR) is 70.1 cm³/mol. The predicted octanol–water partition coefficient (Wildman–Crippen LogP) is 3.97. The lowest BCUT2D eigenvalue weighted by molar-refractivity contribution is -0.157. The molecule has 1 atom stereocenters. The Labute approximate surface area is 122 Å². The molecule has 0 radical (unpaired) electrons. The third-order valence-electron chi connectivity index (χ3n) is 2.05. The zero-order chi connectivity index (χ0) is 15.6. The molecule has 1 heterocycles. The number of halogens is 4. The van der Waals surface area contributed by atoms with E-state index >= 15 is 0 Å². The molecule has 1 aromatic rings. The van der Waals surface area contributed by atoms with Crippen molar-refractivity contribution in [1.82, 2.24) is 10.3 Å². The van der Waals surface area contributed by atoms with Crippen molar-refractivity contribution < 1.29 is 22.7 Å². The smallest absolute Gasteiger partial charge is 0.413 e. The zero-order valence-electron chi connectivity index (χ0n) is 11.1. The van der Waals surface area contributed by atoms with E-state index in [1.807, 2.05) is 5.32 Å². The molecule has 0 bridgehead atoms. The van der Waals surface area contributed by atoms with E-state index in [2.05, 4.69) is 20.9 Å². The van der Waals surface area contributed by atoms with E-state index in [9.17, 15) is 18.0 Å². The summed E-state index contributed by atoms with van der Waals surface area (Å²) in [6.07, 6.45) is -3.40. The van der Waals surface area contributed by atoms with Crippen molar-refractivity contribution >= 4 is 22.0 Å². The number of aromatic nitrogens is 1. The van der Waals surface area contributed by atoms with Crippen molar-refractivity contribution in [3.05, 3.63) is 28.5 Å². The van der Waals surface area contributed by atoms with Crippen LogP contribution in [0.2, 0.25) is 0 Å². The van der Waals surface area contributed by atoms with E-state index in [0.29, 0.717) is 4.47 Å². The van der Waals surface area contributed by atoms with Crippen LogP contribution in [-0.2, 0) is 4.74 Å². The van der Waals surface area contributed by atoms with Crippen LogP contribution in [-0.4, -0.2) is 22.9 Å². The number of rotatable bonds is 2. The summed E-state index contributed by atoms with van der Waals surface area (Å²) in [6.45, 7) is 4.70. The lowest BCUT2D eigenvalue weighted by atomic mass is 10.1. The van der Waals surface area contributed by atoms with E-state index < -0.39 is 23.9 Å². The number of hydrogen-bond donors (Lipinski definition) is 1.